The van der Waals surface area contributed by atoms with Crippen molar-refractivity contribution >= 4 is 23.5 Å². The smallest absolute Gasteiger partial charge is 0.364 e. The summed E-state index contributed by atoms with van der Waals surface area (Å²) in [5.74, 6) is -5.85. The summed E-state index contributed by atoms with van der Waals surface area (Å²) in [7, 11) is 0. The predicted molar refractivity (Wildman–Crippen MR) is 69.8 cm³/mol. The molecule has 0 saturated carbocycles. The van der Waals surface area contributed by atoms with Crippen LogP contribution in [0.5, 0.6) is 0 Å². The van der Waals surface area contributed by atoms with Crippen LogP contribution in [0.3, 0.4) is 0 Å². The third kappa shape index (κ3) is 4.04. The first-order chi connectivity index (χ1) is 10.2. The Kier molecular flexibility index (Phi) is 6.50. The third-order valence-electron chi connectivity index (χ3n) is 3.29. The molecule has 6 atom stereocenters. The van der Waals surface area contributed by atoms with Gasteiger partial charge in [0.15, 0.2) is 0 Å². The van der Waals surface area contributed by atoms with E-state index >= 15 is 0 Å². The Hall–Kier alpha value is -1.01. The van der Waals surface area contributed by atoms with Gasteiger partial charge in [-0.2, -0.15) is 0 Å². The minimum Gasteiger partial charge on any atom is -0.477 e. The molecule has 0 aromatic heterocycles. The van der Waals surface area contributed by atoms with Crippen LogP contribution in [-0.2, 0) is 14.3 Å². The number of carbonyl (C=O) groups is 2. The van der Waals surface area contributed by atoms with Crippen LogP contribution >= 0.6 is 11.6 Å². The van der Waals surface area contributed by atoms with E-state index in [0.717, 1.165) is 0 Å². The monoisotopic (exact) mass is 343 g/mol. The van der Waals surface area contributed by atoms with Gasteiger partial charge in [0.05, 0.1) is 18.8 Å². The highest BCUT2D eigenvalue weighted by molar-refractivity contribution is 6.27. The number of amides is 1. The lowest BCUT2D eigenvalue weighted by Crippen LogP contribution is -2.67. The maximum atomic E-state index is 11.3. The maximum Gasteiger partial charge on any atom is 0.364 e. The number of aliphatic hydroxyl groups excluding tert-OH is 4. The standard InChI is InChI=1S/C11H18ClNO9/c12-2-6(17)13-7-4(15)1-11(21,10(19)20)22-9(7)8(18)5(16)3-14/h4-5,7-9,14-16,18,21H,1-3H2,(H,13,17)(H,19,20)/t4?,5-,7?,8-,9?,11+/m1/s1. The Morgan fingerprint density at radius 2 is 2.00 bits per heavy atom. The van der Waals surface area contributed by atoms with Crippen molar-refractivity contribution in [1.29, 1.82) is 0 Å². The van der Waals surface area contributed by atoms with Crippen molar-refractivity contribution in [1.82, 2.24) is 5.32 Å². The van der Waals surface area contributed by atoms with E-state index in [0.29, 0.717) is 0 Å². The van der Waals surface area contributed by atoms with E-state index in [2.05, 4.69) is 5.32 Å². The predicted octanol–water partition coefficient (Wildman–Crippen LogP) is -3.65. The molecule has 0 aliphatic carbocycles. The fourth-order valence-electron chi connectivity index (χ4n) is 2.13. The van der Waals surface area contributed by atoms with E-state index in [4.69, 9.17) is 26.6 Å². The van der Waals surface area contributed by atoms with Gasteiger partial charge in [-0.25, -0.2) is 4.79 Å². The average molecular weight is 344 g/mol. The van der Waals surface area contributed by atoms with Crippen LogP contribution in [-0.4, -0.2) is 91.2 Å². The van der Waals surface area contributed by atoms with Crippen LogP contribution in [0.2, 0.25) is 0 Å². The number of carboxylic acids is 1. The van der Waals surface area contributed by atoms with Gasteiger partial charge in [-0.1, -0.05) is 0 Å². The lowest BCUT2D eigenvalue weighted by atomic mass is 9.88. The van der Waals surface area contributed by atoms with Crippen molar-refractivity contribution in [2.24, 2.45) is 0 Å². The lowest BCUT2D eigenvalue weighted by Gasteiger charge is -2.44. The zero-order valence-electron chi connectivity index (χ0n) is 11.3. The van der Waals surface area contributed by atoms with E-state index < -0.39 is 67.0 Å². The number of carbonyl (C=O) groups excluding carboxylic acids is 1. The number of halogens is 1. The summed E-state index contributed by atoms with van der Waals surface area (Å²) in [6, 6.07) is -1.35. The summed E-state index contributed by atoms with van der Waals surface area (Å²) in [5.41, 5.74) is 0. The van der Waals surface area contributed by atoms with Crippen LogP contribution < -0.4 is 5.32 Å². The van der Waals surface area contributed by atoms with E-state index in [1.54, 1.807) is 0 Å². The van der Waals surface area contributed by atoms with Gasteiger partial charge in [0.25, 0.3) is 5.79 Å². The molecule has 11 heteroatoms. The summed E-state index contributed by atoms with van der Waals surface area (Å²) in [4.78, 5) is 22.4. The van der Waals surface area contributed by atoms with Crippen LogP contribution in [0.4, 0.5) is 0 Å². The van der Waals surface area contributed by atoms with Gasteiger partial charge >= 0.3 is 5.97 Å². The molecule has 1 aliphatic heterocycles. The molecule has 0 spiro atoms. The van der Waals surface area contributed by atoms with E-state index in [9.17, 15) is 30.0 Å². The second-order valence-electron chi connectivity index (χ2n) is 4.91. The van der Waals surface area contributed by atoms with E-state index in [1.165, 1.54) is 0 Å². The molecule has 128 valence electrons. The molecule has 10 nitrogen and oxygen atoms in total. The SMILES string of the molecule is O=C(CCl)NC1C(O)C[C@@](O)(C(=O)O)OC1[C@H](O)[C@H](O)CO. The molecular formula is C11H18ClNO9. The molecule has 0 bridgehead atoms. The molecule has 0 radical (unpaired) electrons. The van der Waals surface area contributed by atoms with Gasteiger partial charge < -0.3 is 40.7 Å². The summed E-state index contributed by atoms with van der Waals surface area (Å²) in [5, 5.41) is 59.1. The zero-order valence-corrected chi connectivity index (χ0v) is 12.0. The number of hydrogen-bond acceptors (Lipinski definition) is 8. The molecular weight excluding hydrogens is 326 g/mol. The second-order valence-corrected chi connectivity index (χ2v) is 5.18. The number of rotatable bonds is 6. The Morgan fingerprint density at radius 1 is 1.41 bits per heavy atom. The average Bonchev–Trinajstić information content (AvgIpc) is 2.47. The Balaban J connectivity index is 3.07. The quantitative estimate of drug-likeness (QED) is 0.239. The van der Waals surface area contributed by atoms with Gasteiger partial charge in [-0.3, -0.25) is 4.79 Å². The van der Waals surface area contributed by atoms with Crippen LogP contribution in [0.1, 0.15) is 6.42 Å². The molecule has 0 aromatic rings. The number of aliphatic carboxylic acids is 1. The van der Waals surface area contributed by atoms with E-state index in [-0.39, 0.29) is 0 Å². The highest BCUT2D eigenvalue weighted by Gasteiger charge is 2.53. The molecule has 22 heavy (non-hydrogen) atoms. The minimum atomic E-state index is -2.82. The number of nitrogens with one attached hydrogen (secondary N) is 1. The zero-order chi connectivity index (χ0) is 17.1. The van der Waals surface area contributed by atoms with Crippen molar-refractivity contribution in [3.05, 3.63) is 0 Å². The summed E-state index contributed by atoms with van der Waals surface area (Å²) < 4.78 is 4.87. The molecule has 1 heterocycles. The highest BCUT2D eigenvalue weighted by Crippen LogP contribution is 2.30. The number of ether oxygens (including phenoxy) is 1. The van der Waals surface area contributed by atoms with Gasteiger partial charge in [-0.15, -0.1) is 11.6 Å². The number of aliphatic hydroxyl groups is 5. The molecule has 3 unspecified atom stereocenters. The Labute approximate surface area is 129 Å². The fourth-order valence-corrected chi connectivity index (χ4v) is 2.20. The maximum absolute atomic E-state index is 11.3. The van der Waals surface area contributed by atoms with Crippen molar-refractivity contribution < 1.29 is 45.0 Å². The summed E-state index contributed by atoms with van der Waals surface area (Å²) >= 11 is 5.31. The van der Waals surface area contributed by atoms with Crippen molar-refractivity contribution in [3.63, 3.8) is 0 Å². The molecule has 1 aliphatic rings. The Morgan fingerprint density at radius 3 is 2.45 bits per heavy atom. The molecule has 1 fully saturated rings. The topological polar surface area (TPSA) is 177 Å². The van der Waals surface area contributed by atoms with Crippen molar-refractivity contribution in [2.45, 2.75) is 42.7 Å². The Bertz CT molecular complexity index is 422. The first kappa shape index (κ1) is 19.0. The molecule has 7 N–H and O–H groups in total. The minimum absolute atomic E-state index is 0.474. The number of alkyl halides is 1. The van der Waals surface area contributed by atoms with Gasteiger partial charge in [-0.05, 0) is 0 Å². The molecule has 1 saturated heterocycles. The van der Waals surface area contributed by atoms with Crippen LogP contribution in [0, 0.1) is 0 Å². The molecule has 0 aromatic carbocycles. The normalized spacial score (nSPS) is 34.7. The summed E-state index contributed by atoms with van der Waals surface area (Å²) in [6.45, 7) is -0.890. The summed E-state index contributed by atoms with van der Waals surface area (Å²) in [6.07, 6.45) is -7.71. The number of hydrogen-bond donors (Lipinski definition) is 7. The fraction of sp³-hybridized carbons (Fsp3) is 0.818. The van der Waals surface area contributed by atoms with E-state index in [1.807, 2.05) is 0 Å². The first-order valence-corrected chi connectivity index (χ1v) is 6.83. The second kappa shape index (κ2) is 7.51. The van der Waals surface area contributed by atoms with Crippen molar-refractivity contribution in [2.75, 3.05) is 12.5 Å². The number of carboxylic acid groups (broad SMARTS) is 1. The van der Waals surface area contributed by atoms with Crippen molar-refractivity contribution in [3.8, 4) is 0 Å². The van der Waals surface area contributed by atoms with Crippen LogP contribution in [0.15, 0.2) is 0 Å². The highest BCUT2D eigenvalue weighted by atomic mass is 35.5. The lowest BCUT2D eigenvalue weighted by molar-refractivity contribution is -0.295. The van der Waals surface area contributed by atoms with Gasteiger partial charge in [0.1, 0.15) is 24.2 Å². The third-order valence-corrected chi connectivity index (χ3v) is 3.53. The van der Waals surface area contributed by atoms with Crippen LogP contribution in [0.25, 0.3) is 0 Å². The first-order valence-electron chi connectivity index (χ1n) is 6.30. The molecule has 1 amide bonds. The van der Waals surface area contributed by atoms with Gasteiger partial charge in [0.2, 0.25) is 5.91 Å². The van der Waals surface area contributed by atoms with Gasteiger partial charge in [0, 0.05) is 6.42 Å². The molecule has 1 rings (SSSR count). The largest absolute Gasteiger partial charge is 0.477 e.